The fourth-order valence-electron chi connectivity index (χ4n) is 2.11. The van der Waals surface area contributed by atoms with E-state index in [1.54, 1.807) is 22.3 Å². The minimum atomic E-state index is 0.00866. The van der Waals surface area contributed by atoms with E-state index < -0.39 is 0 Å². The molecule has 0 saturated carbocycles. The monoisotopic (exact) mass is 251 g/mol. The summed E-state index contributed by atoms with van der Waals surface area (Å²) in [7, 11) is 0. The lowest BCUT2D eigenvalue weighted by Gasteiger charge is -2.21. The van der Waals surface area contributed by atoms with E-state index in [9.17, 15) is 4.79 Å². The number of amides is 1. The molecule has 1 aromatic rings. The van der Waals surface area contributed by atoms with Crippen LogP contribution in [-0.2, 0) is 4.79 Å². The molecule has 1 amide bonds. The number of hydrogen-bond donors (Lipinski definition) is 1. The van der Waals surface area contributed by atoms with E-state index >= 15 is 0 Å². The van der Waals surface area contributed by atoms with Gasteiger partial charge in [-0.05, 0) is 42.9 Å². The van der Waals surface area contributed by atoms with Gasteiger partial charge in [-0.1, -0.05) is 0 Å². The van der Waals surface area contributed by atoms with E-state index in [-0.39, 0.29) is 18.6 Å². The van der Waals surface area contributed by atoms with Gasteiger partial charge < -0.3 is 10.0 Å². The first-order valence-corrected chi connectivity index (χ1v) is 6.74. The quantitative estimate of drug-likeness (QED) is 0.835. The molecule has 1 fully saturated rings. The van der Waals surface area contributed by atoms with Crippen LogP contribution < -0.4 is 0 Å². The van der Waals surface area contributed by atoms with Crippen LogP contribution in [0.5, 0.6) is 0 Å². The van der Waals surface area contributed by atoms with Crippen LogP contribution in [0.1, 0.15) is 23.3 Å². The van der Waals surface area contributed by atoms with Gasteiger partial charge in [-0.25, -0.2) is 0 Å². The molecule has 1 unspecified atom stereocenters. The molecule has 0 aromatic carbocycles. The largest absolute Gasteiger partial charge is 0.394 e. The summed E-state index contributed by atoms with van der Waals surface area (Å²) in [5.41, 5.74) is 1.19. The number of thiophene rings is 1. The van der Waals surface area contributed by atoms with Gasteiger partial charge in [0.05, 0.1) is 12.6 Å². The van der Waals surface area contributed by atoms with Crippen LogP contribution in [0, 0.1) is 6.92 Å². The van der Waals surface area contributed by atoms with Crippen LogP contribution in [0.4, 0.5) is 0 Å². The van der Waals surface area contributed by atoms with Crippen molar-refractivity contribution in [1.82, 2.24) is 4.90 Å². The third-order valence-corrected chi connectivity index (χ3v) is 4.13. The molecule has 2 rings (SSSR count). The third kappa shape index (κ3) is 2.76. The number of aliphatic hydroxyl groups is 1. The van der Waals surface area contributed by atoms with Crippen molar-refractivity contribution in [3.8, 4) is 0 Å². The molecule has 1 aromatic heterocycles. The van der Waals surface area contributed by atoms with Crippen LogP contribution in [0.2, 0.25) is 0 Å². The molecular formula is C13H17NO2S. The average molecular weight is 251 g/mol. The molecule has 0 spiro atoms. The zero-order chi connectivity index (χ0) is 12.3. The highest BCUT2D eigenvalue weighted by Gasteiger charge is 2.26. The molecule has 4 heteroatoms. The second kappa shape index (κ2) is 5.47. The number of nitrogens with zero attached hydrogens (tertiary/aromatic N) is 1. The molecular weight excluding hydrogens is 234 g/mol. The minimum absolute atomic E-state index is 0.00866. The summed E-state index contributed by atoms with van der Waals surface area (Å²) in [4.78, 5) is 14.8. The summed E-state index contributed by atoms with van der Waals surface area (Å²) in [6.07, 6.45) is 5.39. The van der Waals surface area contributed by atoms with Gasteiger partial charge in [-0.2, -0.15) is 0 Å². The SMILES string of the molecule is Cc1ccsc1C=CC(=O)N1CCCC1CO. The molecule has 1 N–H and O–H groups in total. The number of likely N-dealkylation sites (tertiary alicyclic amines) is 1. The van der Waals surface area contributed by atoms with Gasteiger partial charge in [0.2, 0.25) is 5.91 Å². The van der Waals surface area contributed by atoms with E-state index in [0.29, 0.717) is 0 Å². The first-order valence-electron chi connectivity index (χ1n) is 5.86. The lowest BCUT2D eigenvalue weighted by Crippen LogP contribution is -2.36. The zero-order valence-electron chi connectivity index (χ0n) is 9.93. The first kappa shape index (κ1) is 12.3. The highest BCUT2D eigenvalue weighted by Crippen LogP contribution is 2.19. The second-order valence-corrected chi connectivity index (χ2v) is 5.26. The molecule has 3 nitrogen and oxygen atoms in total. The molecule has 17 heavy (non-hydrogen) atoms. The second-order valence-electron chi connectivity index (χ2n) is 4.31. The Balaban J connectivity index is 2.02. The minimum Gasteiger partial charge on any atom is -0.394 e. The Morgan fingerprint density at radius 3 is 3.18 bits per heavy atom. The van der Waals surface area contributed by atoms with Gasteiger partial charge in [0.25, 0.3) is 0 Å². The maximum absolute atomic E-state index is 12.0. The summed E-state index contributed by atoms with van der Waals surface area (Å²) in [6, 6.07) is 2.05. The van der Waals surface area contributed by atoms with Crippen molar-refractivity contribution >= 4 is 23.3 Å². The van der Waals surface area contributed by atoms with Gasteiger partial charge in [0.15, 0.2) is 0 Å². The Kier molecular flexibility index (Phi) is 3.97. The Morgan fingerprint density at radius 2 is 2.53 bits per heavy atom. The number of aliphatic hydroxyl groups excluding tert-OH is 1. The van der Waals surface area contributed by atoms with Crippen molar-refractivity contribution in [2.24, 2.45) is 0 Å². The van der Waals surface area contributed by atoms with Crippen molar-refractivity contribution in [1.29, 1.82) is 0 Å². The zero-order valence-corrected chi connectivity index (χ0v) is 10.7. The number of aryl methyl sites for hydroxylation is 1. The van der Waals surface area contributed by atoms with Crippen LogP contribution in [0.15, 0.2) is 17.5 Å². The third-order valence-electron chi connectivity index (χ3n) is 3.15. The maximum atomic E-state index is 12.0. The number of hydrogen-bond acceptors (Lipinski definition) is 3. The molecule has 1 saturated heterocycles. The van der Waals surface area contributed by atoms with Gasteiger partial charge in [0, 0.05) is 17.5 Å². The summed E-state index contributed by atoms with van der Waals surface area (Å²) >= 11 is 1.63. The van der Waals surface area contributed by atoms with E-state index in [4.69, 9.17) is 5.11 Å². The summed E-state index contributed by atoms with van der Waals surface area (Å²) in [5.74, 6) is 0.00866. The van der Waals surface area contributed by atoms with Gasteiger partial charge >= 0.3 is 0 Å². The average Bonchev–Trinajstić information content (AvgIpc) is 2.94. The normalized spacial score (nSPS) is 20.4. The summed E-state index contributed by atoms with van der Waals surface area (Å²) < 4.78 is 0. The predicted octanol–water partition coefficient (Wildman–Crippen LogP) is 2.05. The highest BCUT2D eigenvalue weighted by molar-refractivity contribution is 7.11. The topological polar surface area (TPSA) is 40.5 Å². The van der Waals surface area contributed by atoms with Crippen molar-refractivity contribution in [3.05, 3.63) is 28.0 Å². The Bertz CT molecular complexity index is 425. The highest BCUT2D eigenvalue weighted by atomic mass is 32.1. The Hall–Kier alpha value is -1.13. The van der Waals surface area contributed by atoms with Crippen LogP contribution >= 0.6 is 11.3 Å². The van der Waals surface area contributed by atoms with Crippen LogP contribution in [-0.4, -0.2) is 35.1 Å². The smallest absolute Gasteiger partial charge is 0.246 e. The summed E-state index contributed by atoms with van der Waals surface area (Å²) in [5, 5.41) is 11.2. The van der Waals surface area contributed by atoms with Crippen molar-refractivity contribution in [3.63, 3.8) is 0 Å². The first-order chi connectivity index (χ1) is 8.22. The number of carbonyl (C=O) groups excluding carboxylic acids is 1. The molecule has 1 aliphatic heterocycles. The Labute approximate surface area is 105 Å². The lowest BCUT2D eigenvalue weighted by molar-refractivity contribution is -0.127. The van der Waals surface area contributed by atoms with Crippen molar-refractivity contribution < 1.29 is 9.90 Å². The molecule has 92 valence electrons. The standard InChI is InChI=1S/C13H17NO2S/c1-10-6-8-17-12(10)4-5-13(16)14-7-2-3-11(14)9-15/h4-6,8,11,15H,2-3,7,9H2,1H3. The van der Waals surface area contributed by atoms with E-state index in [1.165, 1.54) is 5.56 Å². The van der Waals surface area contributed by atoms with Crippen molar-refractivity contribution in [2.75, 3.05) is 13.2 Å². The lowest BCUT2D eigenvalue weighted by atomic mass is 10.2. The van der Waals surface area contributed by atoms with Crippen molar-refractivity contribution in [2.45, 2.75) is 25.8 Å². The van der Waals surface area contributed by atoms with E-state index in [1.807, 2.05) is 24.4 Å². The van der Waals surface area contributed by atoms with Gasteiger partial charge in [0.1, 0.15) is 0 Å². The molecule has 0 aliphatic carbocycles. The maximum Gasteiger partial charge on any atom is 0.246 e. The fourth-order valence-corrected chi connectivity index (χ4v) is 2.93. The number of carbonyl (C=O) groups is 1. The molecule has 2 heterocycles. The molecule has 1 atom stereocenters. The van der Waals surface area contributed by atoms with E-state index in [0.717, 1.165) is 24.3 Å². The van der Waals surface area contributed by atoms with Crippen LogP contribution in [0.25, 0.3) is 6.08 Å². The van der Waals surface area contributed by atoms with Gasteiger partial charge in [-0.3, -0.25) is 4.79 Å². The van der Waals surface area contributed by atoms with E-state index in [2.05, 4.69) is 0 Å². The summed E-state index contributed by atoms with van der Waals surface area (Å²) in [6.45, 7) is 2.86. The molecule has 1 aliphatic rings. The molecule has 0 radical (unpaired) electrons. The van der Waals surface area contributed by atoms with Crippen LogP contribution in [0.3, 0.4) is 0 Å². The fraction of sp³-hybridized carbons (Fsp3) is 0.462. The molecule has 0 bridgehead atoms. The number of rotatable bonds is 3. The Morgan fingerprint density at radius 1 is 1.71 bits per heavy atom. The van der Waals surface area contributed by atoms with Gasteiger partial charge in [-0.15, -0.1) is 11.3 Å². The predicted molar refractivity (Wildman–Crippen MR) is 69.9 cm³/mol.